The second kappa shape index (κ2) is 4.73. The molecular weight excluding hydrogens is 268 g/mol. The predicted octanol–water partition coefficient (Wildman–Crippen LogP) is 2.80. The molecule has 0 atom stereocenters. The highest BCUT2D eigenvalue weighted by Gasteiger charge is 2.01. The van der Waals surface area contributed by atoms with Crippen molar-refractivity contribution in [3.05, 3.63) is 40.9 Å². The molecule has 78 valence electrons. The average molecular weight is 275 g/mol. The minimum absolute atomic E-state index is 0.446. The molecule has 0 radical (unpaired) electrons. The van der Waals surface area contributed by atoms with Crippen LogP contribution in [0.3, 0.4) is 0 Å². The van der Waals surface area contributed by atoms with Gasteiger partial charge in [-0.3, -0.25) is 5.32 Å². The van der Waals surface area contributed by atoms with E-state index in [-0.39, 0.29) is 0 Å². The zero-order chi connectivity index (χ0) is 11.4. The number of nitriles is 1. The molecule has 0 saturated carbocycles. The molecule has 16 heavy (non-hydrogen) atoms. The molecule has 0 bridgehead atoms. The van der Waals surface area contributed by atoms with Gasteiger partial charge in [-0.05, 0) is 24.3 Å². The third-order valence-electron chi connectivity index (χ3n) is 1.97. The van der Waals surface area contributed by atoms with Gasteiger partial charge in [-0.15, -0.1) is 10.2 Å². The Labute approximate surface area is 101 Å². The first kappa shape index (κ1) is 10.6. The van der Waals surface area contributed by atoms with Gasteiger partial charge in [0.25, 0.3) is 0 Å². The zero-order valence-corrected chi connectivity index (χ0v) is 9.77. The van der Waals surface area contributed by atoms with Crippen molar-refractivity contribution in [2.75, 3.05) is 5.32 Å². The van der Waals surface area contributed by atoms with E-state index in [2.05, 4.69) is 31.4 Å². The molecule has 2 aromatic rings. The molecule has 2 rings (SSSR count). The van der Waals surface area contributed by atoms with Crippen LogP contribution in [0.25, 0.3) is 11.3 Å². The van der Waals surface area contributed by atoms with Crippen molar-refractivity contribution in [2.45, 2.75) is 0 Å². The molecule has 0 aliphatic heterocycles. The summed E-state index contributed by atoms with van der Waals surface area (Å²) in [6, 6.07) is 11.3. The first-order valence-electron chi connectivity index (χ1n) is 4.54. The molecule has 0 unspecified atom stereocenters. The number of rotatable bonds is 2. The Kier molecular flexibility index (Phi) is 3.13. The van der Waals surface area contributed by atoms with E-state index in [9.17, 15) is 0 Å². The van der Waals surface area contributed by atoms with Gasteiger partial charge < -0.3 is 0 Å². The molecule has 0 aliphatic rings. The van der Waals surface area contributed by atoms with Crippen LogP contribution in [0.5, 0.6) is 0 Å². The summed E-state index contributed by atoms with van der Waals surface area (Å²) in [6.45, 7) is 0. The van der Waals surface area contributed by atoms with Crippen LogP contribution in [-0.4, -0.2) is 10.2 Å². The largest absolute Gasteiger partial charge is 0.275 e. The number of nitrogens with zero attached hydrogens (tertiary/aromatic N) is 3. The van der Waals surface area contributed by atoms with Crippen LogP contribution in [0, 0.1) is 11.5 Å². The fourth-order valence-electron chi connectivity index (χ4n) is 1.26. The van der Waals surface area contributed by atoms with Crippen LogP contribution < -0.4 is 5.32 Å². The molecule has 1 heterocycles. The zero-order valence-electron chi connectivity index (χ0n) is 8.18. The van der Waals surface area contributed by atoms with Gasteiger partial charge in [0, 0.05) is 10.0 Å². The van der Waals surface area contributed by atoms with Gasteiger partial charge >= 0.3 is 0 Å². The molecule has 0 spiro atoms. The molecule has 5 heteroatoms. The average Bonchev–Trinajstić information content (AvgIpc) is 2.30. The van der Waals surface area contributed by atoms with Crippen LogP contribution in [0.4, 0.5) is 5.82 Å². The third-order valence-corrected chi connectivity index (χ3v) is 2.46. The standard InChI is InChI=1S/C11H7BrN4/c12-9-3-1-2-8(6-9)10-4-5-11(14-7-13)16-15-10/h1-6H,(H,14,16). The van der Waals surface area contributed by atoms with Gasteiger partial charge in [-0.1, -0.05) is 28.1 Å². The highest BCUT2D eigenvalue weighted by molar-refractivity contribution is 9.10. The number of nitrogens with one attached hydrogen (secondary N) is 1. The van der Waals surface area contributed by atoms with E-state index in [1.54, 1.807) is 12.3 Å². The maximum atomic E-state index is 8.41. The number of benzene rings is 1. The van der Waals surface area contributed by atoms with Crippen molar-refractivity contribution in [2.24, 2.45) is 0 Å². The maximum absolute atomic E-state index is 8.41. The van der Waals surface area contributed by atoms with E-state index >= 15 is 0 Å². The molecule has 1 aromatic heterocycles. The first-order valence-corrected chi connectivity index (χ1v) is 5.33. The van der Waals surface area contributed by atoms with Crippen LogP contribution >= 0.6 is 15.9 Å². The molecule has 0 aliphatic carbocycles. The van der Waals surface area contributed by atoms with Crippen LogP contribution in [-0.2, 0) is 0 Å². The Morgan fingerprint density at radius 3 is 2.69 bits per heavy atom. The highest BCUT2D eigenvalue weighted by atomic mass is 79.9. The normalized spacial score (nSPS) is 9.50. The molecule has 0 fully saturated rings. The van der Waals surface area contributed by atoms with Gasteiger partial charge in [-0.25, -0.2) is 0 Å². The summed E-state index contributed by atoms with van der Waals surface area (Å²) >= 11 is 3.40. The summed E-state index contributed by atoms with van der Waals surface area (Å²) in [6.07, 6.45) is 1.79. The molecular formula is C11H7BrN4. The van der Waals surface area contributed by atoms with Gasteiger partial charge in [0.1, 0.15) is 0 Å². The highest BCUT2D eigenvalue weighted by Crippen LogP contribution is 2.20. The minimum Gasteiger partial charge on any atom is -0.275 e. The SMILES string of the molecule is N#CNc1ccc(-c2cccc(Br)c2)nn1. The number of aromatic nitrogens is 2. The molecule has 0 amide bonds. The quantitative estimate of drug-likeness (QED) is 0.676. The number of hydrogen-bond donors (Lipinski definition) is 1. The van der Waals surface area contributed by atoms with Crippen molar-refractivity contribution < 1.29 is 0 Å². The summed E-state index contributed by atoms with van der Waals surface area (Å²) < 4.78 is 0.992. The first-order chi connectivity index (χ1) is 7.79. The number of hydrogen-bond acceptors (Lipinski definition) is 4. The lowest BCUT2D eigenvalue weighted by Gasteiger charge is -2.01. The summed E-state index contributed by atoms with van der Waals surface area (Å²) in [4.78, 5) is 0. The van der Waals surface area contributed by atoms with Crippen LogP contribution in [0.2, 0.25) is 0 Å². The summed E-state index contributed by atoms with van der Waals surface area (Å²) in [5.41, 5.74) is 1.75. The van der Waals surface area contributed by atoms with Crippen molar-refractivity contribution >= 4 is 21.7 Å². The van der Waals surface area contributed by atoms with Crippen molar-refractivity contribution in [3.63, 3.8) is 0 Å². The van der Waals surface area contributed by atoms with Crippen molar-refractivity contribution in [3.8, 4) is 17.5 Å². The fraction of sp³-hybridized carbons (Fsp3) is 0. The Morgan fingerprint density at radius 1 is 1.19 bits per heavy atom. The van der Waals surface area contributed by atoms with Gasteiger partial charge in [0.2, 0.25) is 0 Å². The third kappa shape index (κ3) is 2.35. The van der Waals surface area contributed by atoms with E-state index in [0.717, 1.165) is 15.7 Å². The summed E-state index contributed by atoms with van der Waals surface area (Å²) in [5.74, 6) is 0.446. The van der Waals surface area contributed by atoms with Gasteiger partial charge in [0.15, 0.2) is 12.0 Å². The van der Waals surface area contributed by atoms with E-state index in [4.69, 9.17) is 5.26 Å². The molecule has 1 aromatic carbocycles. The number of halogens is 1. The van der Waals surface area contributed by atoms with Crippen LogP contribution in [0.15, 0.2) is 40.9 Å². The Morgan fingerprint density at radius 2 is 2.06 bits per heavy atom. The second-order valence-electron chi connectivity index (χ2n) is 3.05. The Balaban J connectivity index is 2.32. The predicted molar refractivity (Wildman–Crippen MR) is 64.4 cm³/mol. The van der Waals surface area contributed by atoms with Gasteiger partial charge in [-0.2, -0.15) is 5.26 Å². The Bertz CT molecular complexity index is 530. The topological polar surface area (TPSA) is 61.6 Å². The minimum atomic E-state index is 0.446. The van der Waals surface area contributed by atoms with Crippen molar-refractivity contribution in [1.82, 2.24) is 10.2 Å². The molecule has 4 nitrogen and oxygen atoms in total. The monoisotopic (exact) mass is 274 g/mol. The van der Waals surface area contributed by atoms with E-state index < -0.39 is 0 Å². The maximum Gasteiger partial charge on any atom is 0.182 e. The van der Waals surface area contributed by atoms with Crippen molar-refractivity contribution in [1.29, 1.82) is 5.26 Å². The van der Waals surface area contributed by atoms with Crippen LogP contribution in [0.1, 0.15) is 0 Å². The Hall–Kier alpha value is -1.93. The lowest BCUT2D eigenvalue weighted by Crippen LogP contribution is -1.94. The van der Waals surface area contributed by atoms with E-state index in [1.807, 2.05) is 30.3 Å². The molecule has 0 saturated heterocycles. The summed E-state index contributed by atoms with van der Waals surface area (Å²) in [7, 11) is 0. The summed E-state index contributed by atoms with van der Waals surface area (Å²) in [5, 5.41) is 18.7. The second-order valence-corrected chi connectivity index (χ2v) is 3.97. The van der Waals surface area contributed by atoms with E-state index in [1.165, 1.54) is 0 Å². The lowest BCUT2D eigenvalue weighted by atomic mass is 10.1. The lowest BCUT2D eigenvalue weighted by molar-refractivity contribution is 1.04. The molecule has 1 N–H and O–H groups in total. The van der Waals surface area contributed by atoms with E-state index in [0.29, 0.717) is 5.82 Å². The number of anilines is 1. The van der Waals surface area contributed by atoms with Gasteiger partial charge in [0.05, 0.1) is 5.69 Å². The smallest absolute Gasteiger partial charge is 0.182 e. The fourth-order valence-corrected chi connectivity index (χ4v) is 1.66.